The van der Waals surface area contributed by atoms with Crippen molar-refractivity contribution in [3.8, 4) is 5.75 Å². The molecule has 160 valence electrons. The van der Waals surface area contributed by atoms with Gasteiger partial charge in [-0.3, -0.25) is 4.79 Å². The minimum atomic E-state index is 0.00721. The zero-order valence-corrected chi connectivity index (χ0v) is 17.8. The highest BCUT2D eigenvalue weighted by molar-refractivity contribution is 5.77. The summed E-state index contributed by atoms with van der Waals surface area (Å²) >= 11 is 0. The number of hydrogen-bond acceptors (Lipinski definition) is 4. The number of nitrogens with one attached hydrogen (secondary N) is 2. The molecule has 5 heteroatoms. The number of aryl methyl sites for hydroxylation is 1. The van der Waals surface area contributed by atoms with Crippen LogP contribution in [0.5, 0.6) is 5.75 Å². The van der Waals surface area contributed by atoms with E-state index in [1.165, 1.54) is 17.2 Å². The number of phenolic OH excluding ortho intramolecular Hbond substituents is 1. The maximum absolute atomic E-state index is 12.7. The molecule has 0 aromatic heterocycles. The molecular formula is C26H29N3O2. The zero-order valence-electron chi connectivity index (χ0n) is 17.8. The summed E-state index contributed by atoms with van der Waals surface area (Å²) in [5, 5.41) is 16.3. The summed E-state index contributed by atoms with van der Waals surface area (Å²) in [6, 6.07) is 20.1. The molecular weight excluding hydrogens is 386 g/mol. The van der Waals surface area contributed by atoms with E-state index in [4.69, 9.17) is 5.73 Å². The molecule has 1 aliphatic rings. The Labute approximate surface area is 183 Å². The van der Waals surface area contributed by atoms with Gasteiger partial charge in [-0.1, -0.05) is 42.5 Å². The second-order valence-electron chi connectivity index (χ2n) is 8.25. The number of phenols is 1. The number of rotatable bonds is 6. The van der Waals surface area contributed by atoms with E-state index in [1.807, 2.05) is 13.0 Å². The molecule has 0 radical (unpaired) electrons. The molecule has 0 spiro atoms. The summed E-state index contributed by atoms with van der Waals surface area (Å²) in [6.45, 7) is 2.73. The second kappa shape index (κ2) is 9.13. The smallest absolute Gasteiger partial charge is 0.220 e. The average Bonchev–Trinajstić information content (AvgIpc) is 2.74. The van der Waals surface area contributed by atoms with E-state index < -0.39 is 0 Å². The largest absolute Gasteiger partial charge is 0.508 e. The molecule has 5 N–H and O–H groups in total. The van der Waals surface area contributed by atoms with Crippen LogP contribution in [0.2, 0.25) is 0 Å². The Hall–Kier alpha value is -3.47. The van der Waals surface area contributed by atoms with Gasteiger partial charge < -0.3 is 21.5 Å². The minimum Gasteiger partial charge on any atom is -0.508 e. The third-order valence-corrected chi connectivity index (χ3v) is 5.92. The SMILES string of the molecule is Cc1cc(O)cc(N)c1CCC(=O)NC1CCNc2cc(Cc3ccccc3)ccc21. The fraction of sp³-hybridized carbons (Fsp3) is 0.269. The summed E-state index contributed by atoms with van der Waals surface area (Å²) in [7, 11) is 0. The van der Waals surface area contributed by atoms with Gasteiger partial charge in [-0.05, 0) is 66.1 Å². The molecule has 31 heavy (non-hydrogen) atoms. The Bertz CT molecular complexity index is 1060. The van der Waals surface area contributed by atoms with Gasteiger partial charge in [0, 0.05) is 30.4 Å². The molecule has 1 unspecified atom stereocenters. The summed E-state index contributed by atoms with van der Waals surface area (Å²) < 4.78 is 0. The fourth-order valence-corrected chi connectivity index (χ4v) is 4.33. The van der Waals surface area contributed by atoms with Crippen molar-refractivity contribution < 1.29 is 9.90 Å². The standard InChI is InChI=1S/C26H29N3O2/c1-17-13-20(30)16-23(27)21(17)9-10-26(31)29-24-11-12-28-25-15-19(7-8-22(24)25)14-18-5-3-2-4-6-18/h2-8,13,15-16,24,28,30H,9-12,14,27H2,1H3,(H,29,31). The fourth-order valence-electron chi connectivity index (χ4n) is 4.33. The molecule has 0 fully saturated rings. The van der Waals surface area contributed by atoms with Crippen LogP contribution >= 0.6 is 0 Å². The molecule has 1 heterocycles. The number of nitrogen functional groups attached to an aromatic ring is 1. The Morgan fingerprint density at radius 2 is 1.94 bits per heavy atom. The lowest BCUT2D eigenvalue weighted by Gasteiger charge is -2.28. The third-order valence-electron chi connectivity index (χ3n) is 5.92. The van der Waals surface area contributed by atoms with Crippen LogP contribution in [0.1, 0.15) is 46.7 Å². The Morgan fingerprint density at radius 3 is 2.71 bits per heavy atom. The van der Waals surface area contributed by atoms with Crippen molar-refractivity contribution in [3.63, 3.8) is 0 Å². The number of anilines is 2. The number of nitrogens with two attached hydrogens (primary N) is 1. The van der Waals surface area contributed by atoms with Crippen LogP contribution in [0.25, 0.3) is 0 Å². The van der Waals surface area contributed by atoms with Crippen LogP contribution in [0, 0.1) is 6.92 Å². The summed E-state index contributed by atoms with van der Waals surface area (Å²) in [5.74, 6) is 0.166. The van der Waals surface area contributed by atoms with E-state index >= 15 is 0 Å². The van der Waals surface area contributed by atoms with Crippen LogP contribution in [0.3, 0.4) is 0 Å². The minimum absolute atomic E-state index is 0.00721. The van der Waals surface area contributed by atoms with Gasteiger partial charge in [-0.15, -0.1) is 0 Å². The maximum Gasteiger partial charge on any atom is 0.220 e. The Kier molecular flexibility index (Phi) is 6.12. The highest BCUT2D eigenvalue weighted by Gasteiger charge is 2.22. The highest BCUT2D eigenvalue weighted by Crippen LogP contribution is 2.31. The first-order chi connectivity index (χ1) is 15.0. The lowest BCUT2D eigenvalue weighted by molar-refractivity contribution is -0.121. The number of benzene rings is 3. The first-order valence-corrected chi connectivity index (χ1v) is 10.8. The van der Waals surface area contributed by atoms with Gasteiger partial charge in [0.2, 0.25) is 5.91 Å². The molecule has 0 saturated carbocycles. The van der Waals surface area contributed by atoms with Crippen molar-refractivity contribution in [2.75, 3.05) is 17.6 Å². The highest BCUT2D eigenvalue weighted by atomic mass is 16.3. The van der Waals surface area contributed by atoms with Crippen molar-refractivity contribution in [2.24, 2.45) is 0 Å². The lowest BCUT2D eigenvalue weighted by Crippen LogP contribution is -2.33. The predicted molar refractivity (Wildman–Crippen MR) is 125 cm³/mol. The van der Waals surface area contributed by atoms with Crippen molar-refractivity contribution in [1.82, 2.24) is 5.32 Å². The molecule has 4 rings (SSSR count). The van der Waals surface area contributed by atoms with Gasteiger partial charge in [-0.2, -0.15) is 0 Å². The molecule has 0 aliphatic carbocycles. The number of carbonyl (C=O) groups excluding carboxylic acids is 1. The summed E-state index contributed by atoms with van der Waals surface area (Å²) in [4.78, 5) is 12.7. The molecule has 0 saturated heterocycles. The third kappa shape index (κ3) is 5.00. The van der Waals surface area contributed by atoms with Crippen LogP contribution < -0.4 is 16.4 Å². The maximum atomic E-state index is 12.7. The predicted octanol–water partition coefficient (Wildman–Crippen LogP) is 4.48. The van der Waals surface area contributed by atoms with E-state index in [0.29, 0.717) is 18.5 Å². The lowest BCUT2D eigenvalue weighted by atomic mass is 9.94. The molecule has 1 aliphatic heterocycles. The average molecular weight is 416 g/mol. The van der Waals surface area contributed by atoms with Crippen LogP contribution in [-0.4, -0.2) is 17.6 Å². The molecule has 1 amide bonds. The molecule has 1 atom stereocenters. The zero-order chi connectivity index (χ0) is 21.8. The number of hydrogen-bond donors (Lipinski definition) is 4. The van der Waals surface area contributed by atoms with Crippen molar-refractivity contribution >= 4 is 17.3 Å². The quantitative estimate of drug-likeness (QED) is 0.447. The van der Waals surface area contributed by atoms with E-state index in [-0.39, 0.29) is 17.7 Å². The Morgan fingerprint density at radius 1 is 1.13 bits per heavy atom. The van der Waals surface area contributed by atoms with E-state index in [2.05, 4.69) is 53.1 Å². The van der Waals surface area contributed by atoms with Crippen molar-refractivity contribution in [3.05, 3.63) is 88.5 Å². The topological polar surface area (TPSA) is 87.4 Å². The van der Waals surface area contributed by atoms with Gasteiger partial charge in [0.05, 0.1) is 6.04 Å². The van der Waals surface area contributed by atoms with E-state index in [1.54, 1.807) is 6.07 Å². The summed E-state index contributed by atoms with van der Waals surface area (Å²) in [6.07, 6.45) is 2.66. The van der Waals surface area contributed by atoms with Gasteiger partial charge in [0.25, 0.3) is 0 Å². The van der Waals surface area contributed by atoms with Gasteiger partial charge in [0.15, 0.2) is 0 Å². The number of carbonyl (C=O) groups is 1. The van der Waals surface area contributed by atoms with Crippen molar-refractivity contribution in [2.45, 2.75) is 38.6 Å². The van der Waals surface area contributed by atoms with Crippen LogP contribution in [0.15, 0.2) is 60.7 Å². The van der Waals surface area contributed by atoms with Crippen LogP contribution in [0.4, 0.5) is 11.4 Å². The monoisotopic (exact) mass is 415 g/mol. The normalized spacial score (nSPS) is 15.1. The number of aromatic hydroxyl groups is 1. The van der Waals surface area contributed by atoms with Gasteiger partial charge >= 0.3 is 0 Å². The number of fused-ring (bicyclic) bond motifs is 1. The molecule has 3 aromatic rings. The second-order valence-corrected chi connectivity index (χ2v) is 8.25. The van der Waals surface area contributed by atoms with Gasteiger partial charge in [-0.25, -0.2) is 0 Å². The number of amides is 1. The first kappa shape index (κ1) is 20.8. The van der Waals surface area contributed by atoms with E-state index in [9.17, 15) is 9.90 Å². The molecule has 0 bridgehead atoms. The molecule has 3 aromatic carbocycles. The van der Waals surface area contributed by atoms with Crippen LogP contribution in [-0.2, 0) is 17.6 Å². The van der Waals surface area contributed by atoms with Crippen molar-refractivity contribution in [1.29, 1.82) is 0 Å². The van der Waals surface area contributed by atoms with Gasteiger partial charge in [0.1, 0.15) is 5.75 Å². The molecule has 5 nitrogen and oxygen atoms in total. The summed E-state index contributed by atoms with van der Waals surface area (Å²) in [5.41, 5.74) is 13.2. The first-order valence-electron chi connectivity index (χ1n) is 10.8. The Balaban J connectivity index is 1.40. The van der Waals surface area contributed by atoms with E-state index in [0.717, 1.165) is 41.8 Å².